The molecule has 1 N–H and O–H groups in total. The number of benzene rings is 2. The first-order valence-electron chi connectivity index (χ1n) is 11.1. The predicted molar refractivity (Wildman–Crippen MR) is 129 cm³/mol. The van der Waals surface area contributed by atoms with Crippen LogP contribution in [0.2, 0.25) is 0 Å². The van der Waals surface area contributed by atoms with Crippen molar-refractivity contribution in [2.45, 2.75) is 44.0 Å². The maximum atomic E-state index is 12.3. The molecule has 0 saturated heterocycles. The fraction of sp³-hybridized carbons (Fsp3) is 0.280. The minimum Gasteiger partial charge on any atom is -0.483 e. The Morgan fingerprint density at radius 3 is 2.82 bits per heavy atom. The number of nitrogens with one attached hydrogen (secondary N) is 1. The number of para-hydroxylation sites is 2. The molecule has 5 rings (SSSR count). The molecule has 4 aromatic rings. The van der Waals surface area contributed by atoms with E-state index in [4.69, 9.17) is 4.74 Å². The molecule has 168 valence electrons. The van der Waals surface area contributed by atoms with E-state index in [0.29, 0.717) is 28.5 Å². The summed E-state index contributed by atoms with van der Waals surface area (Å²) in [6.07, 6.45) is 4.77. The molecular formula is C25H25N5O2S. The maximum Gasteiger partial charge on any atom is 0.230 e. The van der Waals surface area contributed by atoms with Crippen LogP contribution in [0.4, 0.5) is 0 Å². The third kappa shape index (κ3) is 4.85. The Morgan fingerprint density at radius 2 is 1.97 bits per heavy atom. The highest BCUT2D eigenvalue weighted by Gasteiger charge is 2.24. The minimum atomic E-state index is 0.0282. The summed E-state index contributed by atoms with van der Waals surface area (Å²) >= 11 is 1.39. The second-order valence-electron chi connectivity index (χ2n) is 7.97. The van der Waals surface area contributed by atoms with Crippen molar-refractivity contribution in [1.82, 2.24) is 25.1 Å². The topological polar surface area (TPSA) is 81.9 Å². The Morgan fingerprint density at radius 1 is 1.12 bits per heavy atom. The molecular weight excluding hydrogens is 434 g/mol. The van der Waals surface area contributed by atoms with Gasteiger partial charge in [-0.05, 0) is 43.0 Å². The number of thioether (sulfide) groups is 1. The highest BCUT2D eigenvalue weighted by Crippen LogP contribution is 2.28. The third-order valence-corrected chi connectivity index (χ3v) is 6.47. The number of carbonyl (C=O) groups excluding carboxylic acids is 1. The molecule has 0 aliphatic heterocycles. The van der Waals surface area contributed by atoms with Gasteiger partial charge in [0.15, 0.2) is 11.0 Å². The molecule has 0 unspecified atom stereocenters. The number of aromatic nitrogens is 4. The van der Waals surface area contributed by atoms with Crippen molar-refractivity contribution in [2.75, 3.05) is 5.75 Å². The van der Waals surface area contributed by atoms with Crippen molar-refractivity contribution in [1.29, 1.82) is 0 Å². The summed E-state index contributed by atoms with van der Waals surface area (Å²) < 4.78 is 8.17. The zero-order valence-electron chi connectivity index (χ0n) is 18.4. The van der Waals surface area contributed by atoms with Crippen LogP contribution < -0.4 is 10.1 Å². The SMILES string of the molecule is CCc1ccccc1-n1c(COc2cccc3cccnc23)nnc1SCC(=O)NC1CC1. The molecule has 1 saturated carbocycles. The Kier molecular flexibility index (Phi) is 6.26. The molecule has 8 heteroatoms. The van der Waals surface area contributed by atoms with Crippen LogP contribution >= 0.6 is 11.8 Å². The standard InChI is InChI=1S/C25H25N5O2S/c1-2-17-7-3-4-10-20(17)30-22(28-29-25(30)33-16-23(31)27-19-12-13-19)15-32-21-11-5-8-18-9-6-14-26-24(18)21/h3-11,14,19H,2,12-13,15-16H2,1H3,(H,27,31). The predicted octanol–water partition coefficient (Wildman–Crippen LogP) is 4.33. The Balaban J connectivity index is 1.43. The van der Waals surface area contributed by atoms with Crippen LogP contribution in [0.1, 0.15) is 31.2 Å². The van der Waals surface area contributed by atoms with E-state index in [1.165, 1.54) is 17.3 Å². The molecule has 1 amide bonds. The summed E-state index contributed by atoms with van der Waals surface area (Å²) in [4.78, 5) is 16.7. The fourth-order valence-electron chi connectivity index (χ4n) is 3.72. The number of hydrogen-bond acceptors (Lipinski definition) is 6. The summed E-state index contributed by atoms with van der Waals surface area (Å²) in [5, 5.41) is 13.6. The van der Waals surface area contributed by atoms with E-state index in [0.717, 1.165) is 35.9 Å². The number of aryl methyl sites for hydroxylation is 1. The van der Waals surface area contributed by atoms with Crippen molar-refractivity contribution in [3.8, 4) is 11.4 Å². The van der Waals surface area contributed by atoms with Crippen LogP contribution in [0.5, 0.6) is 5.75 Å². The summed E-state index contributed by atoms with van der Waals surface area (Å²) in [6.45, 7) is 2.35. The molecule has 2 heterocycles. The van der Waals surface area contributed by atoms with E-state index in [1.807, 2.05) is 47.0 Å². The van der Waals surface area contributed by atoms with Crippen LogP contribution in [0, 0.1) is 0 Å². The first-order valence-corrected chi connectivity index (χ1v) is 12.1. The lowest BCUT2D eigenvalue weighted by atomic mass is 10.1. The van der Waals surface area contributed by atoms with Crippen LogP contribution in [0.3, 0.4) is 0 Å². The van der Waals surface area contributed by atoms with Crippen molar-refractivity contribution < 1.29 is 9.53 Å². The Bertz CT molecular complexity index is 1280. The largest absolute Gasteiger partial charge is 0.483 e. The molecule has 33 heavy (non-hydrogen) atoms. The van der Waals surface area contributed by atoms with Gasteiger partial charge in [0.05, 0.1) is 11.4 Å². The second kappa shape index (κ2) is 9.62. The van der Waals surface area contributed by atoms with Crippen molar-refractivity contribution in [3.63, 3.8) is 0 Å². The maximum absolute atomic E-state index is 12.3. The molecule has 1 aliphatic carbocycles. The third-order valence-electron chi connectivity index (χ3n) is 5.54. The molecule has 1 fully saturated rings. The highest BCUT2D eigenvalue weighted by molar-refractivity contribution is 7.99. The fourth-order valence-corrected chi connectivity index (χ4v) is 4.49. The number of hydrogen-bond donors (Lipinski definition) is 1. The number of ether oxygens (including phenoxy) is 1. The highest BCUT2D eigenvalue weighted by atomic mass is 32.2. The van der Waals surface area contributed by atoms with Gasteiger partial charge >= 0.3 is 0 Å². The number of rotatable bonds is 9. The quantitative estimate of drug-likeness (QED) is 0.375. The van der Waals surface area contributed by atoms with Crippen molar-refractivity contribution in [2.24, 2.45) is 0 Å². The molecule has 0 bridgehead atoms. The lowest BCUT2D eigenvalue weighted by Gasteiger charge is -2.14. The van der Waals surface area contributed by atoms with E-state index in [-0.39, 0.29) is 12.5 Å². The smallest absolute Gasteiger partial charge is 0.230 e. The van der Waals surface area contributed by atoms with Crippen LogP contribution in [-0.2, 0) is 17.8 Å². The van der Waals surface area contributed by atoms with Gasteiger partial charge in [-0.2, -0.15) is 0 Å². The normalized spacial score (nSPS) is 13.2. The zero-order valence-corrected chi connectivity index (χ0v) is 19.2. The van der Waals surface area contributed by atoms with Gasteiger partial charge in [0, 0.05) is 17.6 Å². The zero-order chi connectivity index (χ0) is 22.6. The lowest BCUT2D eigenvalue weighted by Crippen LogP contribution is -2.27. The minimum absolute atomic E-state index is 0.0282. The molecule has 1 aliphatic rings. The Hall–Kier alpha value is -3.39. The Labute approximate surface area is 196 Å². The lowest BCUT2D eigenvalue weighted by molar-refractivity contribution is -0.118. The number of pyridine rings is 1. The summed E-state index contributed by atoms with van der Waals surface area (Å²) in [5.41, 5.74) is 2.99. The van der Waals surface area contributed by atoms with Crippen LogP contribution in [0.25, 0.3) is 16.6 Å². The van der Waals surface area contributed by atoms with Gasteiger partial charge in [0.25, 0.3) is 0 Å². The summed E-state index contributed by atoms with van der Waals surface area (Å²) in [7, 11) is 0. The molecule has 0 atom stereocenters. The molecule has 0 spiro atoms. The van der Waals surface area contributed by atoms with E-state index in [2.05, 4.69) is 39.6 Å². The van der Waals surface area contributed by atoms with E-state index >= 15 is 0 Å². The number of fused-ring (bicyclic) bond motifs is 1. The van der Waals surface area contributed by atoms with Crippen molar-refractivity contribution in [3.05, 3.63) is 72.2 Å². The molecule has 0 radical (unpaired) electrons. The first kappa shape index (κ1) is 21.5. The van der Waals surface area contributed by atoms with Crippen LogP contribution in [0.15, 0.2) is 66.0 Å². The van der Waals surface area contributed by atoms with Gasteiger partial charge in [-0.1, -0.05) is 55.1 Å². The summed E-state index contributed by atoms with van der Waals surface area (Å²) in [5.74, 6) is 1.70. The number of amides is 1. The monoisotopic (exact) mass is 459 g/mol. The average molecular weight is 460 g/mol. The van der Waals surface area contributed by atoms with Gasteiger partial charge in [-0.15, -0.1) is 10.2 Å². The molecule has 2 aromatic heterocycles. The van der Waals surface area contributed by atoms with Gasteiger partial charge in [-0.25, -0.2) is 0 Å². The second-order valence-corrected chi connectivity index (χ2v) is 8.91. The van der Waals surface area contributed by atoms with Gasteiger partial charge < -0.3 is 10.1 Å². The first-order chi connectivity index (χ1) is 16.2. The van der Waals surface area contributed by atoms with Gasteiger partial charge in [0.1, 0.15) is 17.9 Å². The molecule has 7 nitrogen and oxygen atoms in total. The van der Waals surface area contributed by atoms with E-state index in [9.17, 15) is 4.79 Å². The number of carbonyl (C=O) groups is 1. The average Bonchev–Trinajstić information content (AvgIpc) is 3.58. The number of nitrogens with zero attached hydrogens (tertiary/aromatic N) is 4. The van der Waals surface area contributed by atoms with Gasteiger partial charge in [0.2, 0.25) is 5.91 Å². The van der Waals surface area contributed by atoms with E-state index in [1.54, 1.807) is 6.20 Å². The summed E-state index contributed by atoms with van der Waals surface area (Å²) in [6, 6.07) is 18.3. The van der Waals surface area contributed by atoms with Gasteiger partial charge in [-0.3, -0.25) is 14.3 Å². The molecule has 2 aromatic carbocycles. The van der Waals surface area contributed by atoms with Crippen molar-refractivity contribution >= 4 is 28.6 Å². The van der Waals surface area contributed by atoms with E-state index < -0.39 is 0 Å². The van der Waals surface area contributed by atoms with Crippen LogP contribution in [-0.4, -0.2) is 37.5 Å².